The molecule has 4 nitrogen and oxygen atoms in total. The average molecular weight is 249 g/mol. The third-order valence-electron chi connectivity index (χ3n) is 2.62. The third kappa shape index (κ3) is 5.68. The molecule has 1 aromatic carbocycles. The monoisotopic (exact) mass is 249 g/mol. The van der Waals surface area contributed by atoms with E-state index in [2.05, 4.69) is 24.5 Å². The lowest BCUT2D eigenvalue weighted by atomic mass is 10.2. The minimum atomic E-state index is 0.0254. The first-order chi connectivity index (χ1) is 8.59. The predicted octanol–water partition coefficient (Wildman–Crippen LogP) is 2.38. The van der Waals surface area contributed by atoms with Crippen molar-refractivity contribution in [1.29, 1.82) is 0 Å². The number of carbonyl (C=O) groups is 1. The molecular weight excluding hydrogens is 226 g/mol. The number of amides is 1. The number of nitrogens with one attached hydrogen (secondary N) is 2. The van der Waals surface area contributed by atoms with Gasteiger partial charge in [-0.3, -0.25) is 4.79 Å². The van der Waals surface area contributed by atoms with Crippen molar-refractivity contribution in [2.45, 2.75) is 39.2 Å². The Balaban J connectivity index is 2.20. The van der Waals surface area contributed by atoms with E-state index in [4.69, 9.17) is 5.73 Å². The van der Waals surface area contributed by atoms with Crippen LogP contribution in [0.3, 0.4) is 0 Å². The van der Waals surface area contributed by atoms with Crippen molar-refractivity contribution < 1.29 is 4.79 Å². The molecule has 0 saturated carbocycles. The molecule has 100 valence electrons. The van der Waals surface area contributed by atoms with Crippen molar-refractivity contribution in [3.63, 3.8) is 0 Å². The molecule has 0 radical (unpaired) electrons. The first-order valence-corrected chi connectivity index (χ1v) is 6.47. The Bertz CT molecular complexity index is 377. The molecule has 0 unspecified atom stereocenters. The molecule has 0 heterocycles. The molecule has 0 bridgehead atoms. The van der Waals surface area contributed by atoms with Crippen molar-refractivity contribution in [2.24, 2.45) is 0 Å². The molecule has 0 aromatic heterocycles. The molecule has 0 atom stereocenters. The van der Waals surface area contributed by atoms with Gasteiger partial charge < -0.3 is 16.4 Å². The summed E-state index contributed by atoms with van der Waals surface area (Å²) in [5, 5.41) is 6.15. The number of nitrogens with two attached hydrogens (primary N) is 1. The van der Waals surface area contributed by atoms with Crippen LogP contribution < -0.4 is 16.4 Å². The van der Waals surface area contributed by atoms with Gasteiger partial charge in [0, 0.05) is 12.5 Å². The molecule has 18 heavy (non-hydrogen) atoms. The number of carbonyl (C=O) groups excluding carboxylic acids is 1. The van der Waals surface area contributed by atoms with Crippen molar-refractivity contribution in [1.82, 2.24) is 5.32 Å². The normalized spacial score (nSPS) is 10.6. The van der Waals surface area contributed by atoms with Crippen LogP contribution in [0.1, 0.15) is 33.1 Å². The van der Waals surface area contributed by atoms with Crippen LogP contribution in [-0.2, 0) is 4.79 Å². The molecule has 1 aromatic rings. The van der Waals surface area contributed by atoms with Crippen molar-refractivity contribution in [3.8, 4) is 0 Å². The van der Waals surface area contributed by atoms with Crippen molar-refractivity contribution in [3.05, 3.63) is 24.3 Å². The fraction of sp³-hybridized carbons (Fsp3) is 0.500. The van der Waals surface area contributed by atoms with E-state index in [1.807, 2.05) is 18.2 Å². The van der Waals surface area contributed by atoms with Gasteiger partial charge in [0.15, 0.2) is 0 Å². The maximum atomic E-state index is 11.7. The summed E-state index contributed by atoms with van der Waals surface area (Å²) in [5.74, 6) is 0.0254. The number of hydrogen-bond acceptors (Lipinski definition) is 3. The molecule has 0 aliphatic carbocycles. The minimum absolute atomic E-state index is 0.0254. The van der Waals surface area contributed by atoms with E-state index in [-0.39, 0.29) is 5.91 Å². The summed E-state index contributed by atoms with van der Waals surface area (Å²) in [6, 6.07) is 7.81. The molecule has 0 spiro atoms. The van der Waals surface area contributed by atoms with E-state index in [1.165, 1.54) is 0 Å². The largest absolute Gasteiger partial charge is 0.397 e. The van der Waals surface area contributed by atoms with Gasteiger partial charge in [-0.1, -0.05) is 26.0 Å². The van der Waals surface area contributed by atoms with Crippen molar-refractivity contribution in [2.75, 3.05) is 17.6 Å². The topological polar surface area (TPSA) is 67.2 Å². The van der Waals surface area contributed by atoms with Gasteiger partial charge in [-0.05, 0) is 31.5 Å². The number of nitrogen functional groups attached to an aromatic ring is 1. The summed E-state index contributed by atoms with van der Waals surface area (Å²) in [5.41, 5.74) is 7.05. The second-order valence-corrected chi connectivity index (χ2v) is 4.70. The highest BCUT2D eigenvalue weighted by atomic mass is 16.1. The SMILES string of the molecule is CC(C)NCCCCC(=O)Nc1ccccc1N. The molecular formula is C14H23N3O. The Morgan fingerprint density at radius 3 is 2.67 bits per heavy atom. The van der Waals surface area contributed by atoms with E-state index < -0.39 is 0 Å². The third-order valence-corrected chi connectivity index (χ3v) is 2.62. The van der Waals surface area contributed by atoms with Gasteiger partial charge in [0.2, 0.25) is 5.91 Å². The Labute approximate surface area is 109 Å². The minimum Gasteiger partial charge on any atom is -0.397 e. The molecule has 0 fully saturated rings. The lowest BCUT2D eigenvalue weighted by Crippen LogP contribution is -2.23. The van der Waals surface area contributed by atoms with Gasteiger partial charge in [-0.15, -0.1) is 0 Å². The van der Waals surface area contributed by atoms with E-state index in [0.717, 1.165) is 19.4 Å². The molecule has 1 amide bonds. The fourth-order valence-corrected chi connectivity index (χ4v) is 1.62. The number of benzene rings is 1. The summed E-state index contributed by atoms with van der Waals surface area (Å²) >= 11 is 0. The Kier molecular flexibility index (Phi) is 6.22. The zero-order chi connectivity index (χ0) is 13.4. The number of anilines is 2. The lowest BCUT2D eigenvalue weighted by molar-refractivity contribution is -0.116. The van der Waals surface area contributed by atoms with Gasteiger partial charge in [-0.2, -0.15) is 0 Å². The van der Waals surface area contributed by atoms with Gasteiger partial charge in [-0.25, -0.2) is 0 Å². The van der Waals surface area contributed by atoms with Gasteiger partial charge in [0.05, 0.1) is 11.4 Å². The van der Waals surface area contributed by atoms with Crippen LogP contribution >= 0.6 is 0 Å². The first kappa shape index (κ1) is 14.5. The van der Waals surface area contributed by atoms with Crippen LogP contribution in [-0.4, -0.2) is 18.5 Å². The highest BCUT2D eigenvalue weighted by Gasteiger charge is 2.04. The summed E-state index contributed by atoms with van der Waals surface area (Å²) in [6.07, 6.45) is 2.43. The zero-order valence-corrected chi connectivity index (χ0v) is 11.2. The zero-order valence-electron chi connectivity index (χ0n) is 11.2. The molecule has 0 aliphatic heterocycles. The van der Waals surface area contributed by atoms with Crippen LogP contribution in [0.25, 0.3) is 0 Å². The first-order valence-electron chi connectivity index (χ1n) is 6.47. The van der Waals surface area contributed by atoms with Gasteiger partial charge >= 0.3 is 0 Å². The molecule has 4 heteroatoms. The molecule has 4 N–H and O–H groups in total. The number of unbranched alkanes of at least 4 members (excludes halogenated alkanes) is 1. The summed E-state index contributed by atoms with van der Waals surface area (Å²) in [4.78, 5) is 11.7. The van der Waals surface area contributed by atoms with Crippen LogP contribution in [0.15, 0.2) is 24.3 Å². The highest BCUT2D eigenvalue weighted by Crippen LogP contribution is 2.16. The number of para-hydroxylation sites is 2. The second kappa shape index (κ2) is 7.71. The quantitative estimate of drug-likeness (QED) is 0.513. The van der Waals surface area contributed by atoms with Crippen LogP contribution in [0.5, 0.6) is 0 Å². The van der Waals surface area contributed by atoms with E-state index in [0.29, 0.717) is 23.8 Å². The van der Waals surface area contributed by atoms with E-state index in [1.54, 1.807) is 6.07 Å². The van der Waals surface area contributed by atoms with Crippen LogP contribution in [0.2, 0.25) is 0 Å². The maximum absolute atomic E-state index is 11.7. The Morgan fingerprint density at radius 2 is 2.00 bits per heavy atom. The molecule has 0 saturated heterocycles. The summed E-state index contributed by atoms with van der Waals surface area (Å²) in [7, 11) is 0. The van der Waals surface area contributed by atoms with Gasteiger partial charge in [0.1, 0.15) is 0 Å². The second-order valence-electron chi connectivity index (χ2n) is 4.70. The summed E-state index contributed by atoms with van der Waals surface area (Å²) in [6.45, 7) is 5.19. The lowest BCUT2D eigenvalue weighted by Gasteiger charge is -2.09. The van der Waals surface area contributed by atoms with Crippen LogP contribution in [0.4, 0.5) is 11.4 Å². The summed E-state index contributed by atoms with van der Waals surface area (Å²) < 4.78 is 0. The van der Waals surface area contributed by atoms with Crippen molar-refractivity contribution >= 4 is 17.3 Å². The molecule has 1 rings (SSSR count). The van der Waals surface area contributed by atoms with E-state index in [9.17, 15) is 4.79 Å². The Hall–Kier alpha value is -1.55. The highest BCUT2D eigenvalue weighted by molar-refractivity contribution is 5.93. The number of hydrogen-bond donors (Lipinski definition) is 3. The Morgan fingerprint density at radius 1 is 1.28 bits per heavy atom. The maximum Gasteiger partial charge on any atom is 0.224 e. The van der Waals surface area contributed by atoms with E-state index >= 15 is 0 Å². The average Bonchev–Trinajstić information content (AvgIpc) is 2.31. The molecule has 0 aliphatic rings. The van der Waals surface area contributed by atoms with Crippen LogP contribution in [0, 0.1) is 0 Å². The smallest absolute Gasteiger partial charge is 0.224 e. The predicted molar refractivity (Wildman–Crippen MR) is 76.5 cm³/mol. The van der Waals surface area contributed by atoms with Gasteiger partial charge in [0.25, 0.3) is 0 Å². The standard InChI is InChI=1S/C14H23N3O/c1-11(2)16-10-6-5-9-14(18)17-13-8-4-3-7-12(13)15/h3-4,7-8,11,16H,5-6,9-10,15H2,1-2H3,(H,17,18). The number of rotatable bonds is 7. The fourth-order valence-electron chi connectivity index (χ4n) is 1.62.